The molecule has 0 unspecified atom stereocenters. The Morgan fingerprint density at radius 2 is 1.71 bits per heavy atom. The van der Waals surface area contributed by atoms with Gasteiger partial charge in [0.25, 0.3) is 5.91 Å². The fourth-order valence-corrected chi connectivity index (χ4v) is 3.92. The van der Waals surface area contributed by atoms with Gasteiger partial charge in [-0.25, -0.2) is 4.68 Å². The van der Waals surface area contributed by atoms with Gasteiger partial charge in [0.05, 0.1) is 31.7 Å². The lowest BCUT2D eigenvalue weighted by atomic mass is 9.98. The lowest BCUT2D eigenvalue weighted by molar-refractivity contribution is 0.0774. The molecule has 0 aliphatic carbocycles. The van der Waals surface area contributed by atoms with Gasteiger partial charge in [-0.15, -0.1) is 0 Å². The Labute approximate surface area is 180 Å². The second-order valence-electron chi connectivity index (χ2n) is 7.33. The van der Waals surface area contributed by atoms with E-state index in [1.54, 1.807) is 27.8 Å². The van der Waals surface area contributed by atoms with E-state index in [-0.39, 0.29) is 17.6 Å². The van der Waals surface area contributed by atoms with E-state index in [0.29, 0.717) is 48.0 Å². The monoisotopic (exact) mass is 420 g/mol. The van der Waals surface area contributed by atoms with Crippen molar-refractivity contribution in [3.05, 3.63) is 65.9 Å². The highest BCUT2D eigenvalue weighted by Gasteiger charge is 2.35. The van der Waals surface area contributed by atoms with Gasteiger partial charge >= 0.3 is 0 Å². The van der Waals surface area contributed by atoms with Crippen LogP contribution in [0, 0.1) is 5.92 Å². The predicted molar refractivity (Wildman–Crippen MR) is 116 cm³/mol. The molecule has 1 atom stereocenters. The molecule has 3 aromatic rings. The molecule has 0 radical (unpaired) electrons. The summed E-state index contributed by atoms with van der Waals surface area (Å²) < 4.78 is 12.2. The summed E-state index contributed by atoms with van der Waals surface area (Å²) in [6, 6.07) is 14.6. The minimum absolute atomic E-state index is 0.109. The van der Waals surface area contributed by atoms with Gasteiger partial charge in [0, 0.05) is 19.0 Å². The van der Waals surface area contributed by atoms with Gasteiger partial charge in [-0.2, -0.15) is 5.10 Å². The van der Waals surface area contributed by atoms with E-state index < -0.39 is 0 Å². The van der Waals surface area contributed by atoms with Crippen molar-refractivity contribution in [2.75, 3.05) is 33.0 Å². The molecule has 0 bridgehead atoms. The molecule has 160 valence electrons. The summed E-state index contributed by atoms with van der Waals surface area (Å²) in [4.78, 5) is 28.0. The molecule has 2 aromatic carbocycles. The number of methoxy groups -OCH3 is 2. The molecule has 1 aliphatic heterocycles. The minimum atomic E-state index is -0.347. The maximum absolute atomic E-state index is 13.2. The highest BCUT2D eigenvalue weighted by atomic mass is 16.5. The first-order valence-corrected chi connectivity index (χ1v) is 9.98. The number of anilines is 1. The van der Waals surface area contributed by atoms with Crippen molar-refractivity contribution < 1.29 is 19.1 Å². The van der Waals surface area contributed by atoms with Crippen LogP contribution in [0.3, 0.4) is 0 Å². The molecule has 8 nitrogen and oxygen atoms in total. The first-order chi connectivity index (χ1) is 15.0. The van der Waals surface area contributed by atoms with E-state index in [4.69, 9.17) is 15.2 Å². The average Bonchev–Trinajstić information content (AvgIpc) is 3.45. The zero-order valence-corrected chi connectivity index (χ0v) is 17.4. The van der Waals surface area contributed by atoms with Crippen molar-refractivity contribution >= 4 is 17.5 Å². The number of amides is 1. The van der Waals surface area contributed by atoms with E-state index in [9.17, 15) is 9.59 Å². The number of benzene rings is 2. The van der Waals surface area contributed by atoms with E-state index in [2.05, 4.69) is 5.10 Å². The third kappa shape index (κ3) is 3.72. The zero-order chi connectivity index (χ0) is 22.0. The van der Waals surface area contributed by atoms with E-state index in [1.165, 1.54) is 20.4 Å². The zero-order valence-electron chi connectivity index (χ0n) is 17.4. The molecule has 1 saturated heterocycles. The molecule has 1 aliphatic rings. The number of aromatic nitrogens is 2. The Morgan fingerprint density at radius 1 is 1.03 bits per heavy atom. The normalized spacial score (nSPS) is 15.7. The van der Waals surface area contributed by atoms with E-state index in [0.717, 1.165) is 5.69 Å². The fourth-order valence-electron chi connectivity index (χ4n) is 3.92. The number of para-hydroxylation sites is 1. The first kappa shape index (κ1) is 20.5. The number of hydrogen-bond donors (Lipinski definition) is 1. The summed E-state index contributed by atoms with van der Waals surface area (Å²) in [6.07, 6.45) is 2.05. The van der Waals surface area contributed by atoms with Crippen LogP contribution in [0.1, 0.15) is 27.1 Å². The summed E-state index contributed by atoms with van der Waals surface area (Å²) in [7, 11) is 3.02. The molecule has 2 heterocycles. The predicted octanol–water partition coefficient (Wildman–Crippen LogP) is 2.82. The summed E-state index contributed by atoms with van der Waals surface area (Å²) >= 11 is 0. The highest BCUT2D eigenvalue weighted by Crippen LogP contribution is 2.32. The van der Waals surface area contributed by atoms with E-state index >= 15 is 0 Å². The number of ether oxygens (including phenoxy) is 2. The van der Waals surface area contributed by atoms with Crippen LogP contribution in [0.2, 0.25) is 0 Å². The third-order valence-electron chi connectivity index (χ3n) is 5.56. The van der Waals surface area contributed by atoms with Crippen molar-refractivity contribution in [2.24, 2.45) is 5.92 Å². The molecule has 0 spiro atoms. The molecular weight excluding hydrogens is 396 g/mol. The molecule has 1 amide bonds. The number of carbonyl (C=O) groups excluding carboxylic acids is 2. The van der Waals surface area contributed by atoms with Crippen LogP contribution in [-0.2, 0) is 0 Å². The van der Waals surface area contributed by atoms with Crippen LogP contribution < -0.4 is 15.2 Å². The van der Waals surface area contributed by atoms with Gasteiger partial charge in [0.15, 0.2) is 5.78 Å². The highest BCUT2D eigenvalue weighted by molar-refractivity contribution is 6.04. The number of nitrogens with two attached hydrogens (primary N) is 1. The minimum Gasteiger partial charge on any atom is -0.496 e. The number of nitrogens with zero attached hydrogens (tertiary/aromatic N) is 3. The molecule has 1 fully saturated rings. The van der Waals surface area contributed by atoms with Crippen molar-refractivity contribution in [2.45, 2.75) is 6.42 Å². The molecule has 2 N–H and O–H groups in total. The van der Waals surface area contributed by atoms with Crippen molar-refractivity contribution in [1.82, 2.24) is 14.7 Å². The summed E-state index contributed by atoms with van der Waals surface area (Å²) in [5.74, 6) is 0.493. The smallest absolute Gasteiger partial charge is 0.261 e. The number of hydrogen-bond acceptors (Lipinski definition) is 6. The Balaban J connectivity index is 1.53. The second-order valence-corrected chi connectivity index (χ2v) is 7.33. The Morgan fingerprint density at radius 3 is 2.35 bits per heavy atom. The quantitative estimate of drug-likeness (QED) is 0.616. The molecule has 31 heavy (non-hydrogen) atoms. The van der Waals surface area contributed by atoms with Crippen LogP contribution in [0.4, 0.5) is 5.82 Å². The molecule has 0 saturated carbocycles. The lowest BCUT2D eigenvalue weighted by Crippen LogP contribution is -2.30. The lowest BCUT2D eigenvalue weighted by Gasteiger charge is -2.19. The van der Waals surface area contributed by atoms with Gasteiger partial charge in [-0.05, 0) is 30.7 Å². The first-order valence-electron chi connectivity index (χ1n) is 9.98. The van der Waals surface area contributed by atoms with Gasteiger partial charge in [-0.1, -0.05) is 24.3 Å². The molecular formula is C23H24N4O4. The Hall–Kier alpha value is -3.81. The number of carbonyl (C=O) groups is 2. The number of ketones is 1. The summed E-state index contributed by atoms with van der Waals surface area (Å²) in [5, 5.41) is 4.28. The molecule has 8 heteroatoms. The average molecular weight is 420 g/mol. The van der Waals surface area contributed by atoms with Gasteiger partial charge in [0.1, 0.15) is 22.9 Å². The second kappa shape index (κ2) is 8.51. The number of rotatable bonds is 6. The largest absolute Gasteiger partial charge is 0.496 e. The SMILES string of the molecule is COc1cccc(OC)c1C(=O)N1CC[C@H](C(=O)c2cnn(-c3ccccc3)c2N)C1. The Kier molecular flexibility index (Phi) is 5.62. The number of Topliss-reactive ketones (excluding diaryl/α,β-unsaturated/α-hetero) is 1. The van der Waals surface area contributed by atoms with Crippen LogP contribution >= 0.6 is 0 Å². The summed E-state index contributed by atoms with van der Waals surface area (Å²) in [6.45, 7) is 0.762. The van der Waals surface area contributed by atoms with Gasteiger partial charge in [-0.3, -0.25) is 9.59 Å². The topological polar surface area (TPSA) is 99.7 Å². The Bertz CT molecular complexity index is 1090. The standard InChI is InChI=1S/C23H24N4O4/c1-30-18-9-6-10-19(31-2)20(18)23(29)26-12-11-15(14-26)21(28)17-13-25-27(22(17)24)16-7-4-3-5-8-16/h3-10,13,15H,11-12,14,24H2,1-2H3/t15-/m0/s1. The maximum Gasteiger partial charge on any atom is 0.261 e. The van der Waals surface area contributed by atoms with Crippen LogP contribution in [-0.4, -0.2) is 53.7 Å². The third-order valence-corrected chi connectivity index (χ3v) is 5.56. The molecule has 4 rings (SSSR count). The van der Waals surface area contributed by atoms with Crippen molar-refractivity contribution in [1.29, 1.82) is 0 Å². The number of nitrogen functional groups attached to an aromatic ring is 1. The maximum atomic E-state index is 13.2. The number of likely N-dealkylation sites (tertiary alicyclic amines) is 1. The van der Waals surface area contributed by atoms with Crippen LogP contribution in [0.25, 0.3) is 5.69 Å². The van der Waals surface area contributed by atoms with Crippen LogP contribution in [0.5, 0.6) is 11.5 Å². The van der Waals surface area contributed by atoms with Gasteiger partial charge in [0.2, 0.25) is 0 Å². The summed E-state index contributed by atoms with van der Waals surface area (Å²) in [5.41, 5.74) is 7.75. The fraction of sp³-hybridized carbons (Fsp3) is 0.261. The van der Waals surface area contributed by atoms with Gasteiger partial charge < -0.3 is 20.1 Å². The van der Waals surface area contributed by atoms with Crippen molar-refractivity contribution in [3.63, 3.8) is 0 Å². The van der Waals surface area contributed by atoms with Crippen LogP contribution in [0.15, 0.2) is 54.7 Å². The molecule has 1 aromatic heterocycles. The van der Waals surface area contributed by atoms with E-state index in [1.807, 2.05) is 30.3 Å². The van der Waals surface area contributed by atoms with Crippen molar-refractivity contribution in [3.8, 4) is 17.2 Å².